The minimum atomic E-state index is -3.86. The van der Waals surface area contributed by atoms with Gasteiger partial charge >= 0.3 is 0 Å². The maximum atomic E-state index is 12.6. The number of phenols is 1. The summed E-state index contributed by atoms with van der Waals surface area (Å²) in [6.07, 6.45) is 4.71. The number of pyridine rings is 1. The minimum absolute atomic E-state index is 0. The molecule has 8 rings (SSSR count). The van der Waals surface area contributed by atoms with Crippen LogP contribution in [-0.2, 0) is 42.7 Å². The van der Waals surface area contributed by atoms with Crippen LogP contribution in [0.25, 0.3) is 72.7 Å². The fourth-order valence-electron chi connectivity index (χ4n) is 9.90. The predicted molar refractivity (Wildman–Crippen MR) is 313 cm³/mol. The quantitative estimate of drug-likeness (QED) is 0.110. The molecular formula is C69H82N3OPt-. The smallest absolute Gasteiger partial charge is 0.148 e. The second kappa shape index (κ2) is 21.6. The van der Waals surface area contributed by atoms with Crippen LogP contribution in [0.3, 0.4) is 0 Å². The Labute approximate surface area is 485 Å². The number of hydrogen-bond donors (Lipinski definition) is 1. The Balaban J connectivity index is 0.0000120. The monoisotopic (exact) mass is 1180 g/mol. The third-order valence-electron chi connectivity index (χ3n) is 15.5. The third-order valence-corrected chi connectivity index (χ3v) is 15.5. The molecule has 0 aliphatic heterocycles. The number of imidazole rings is 1. The summed E-state index contributed by atoms with van der Waals surface area (Å²) in [6.45, 7) is 11.6. The Morgan fingerprint density at radius 3 is 1.88 bits per heavy atom. The number of aryl methyl sites for hydroxylation is 1. The summed E-state index contributed by atoms with van der Waals surface area (Å²) in [6, 6.07) is 26.9. The molecular weight excluding hydrogens is 1080 g/mol. The molecule has 6 aromatic carbocycles. The van der Waals surface area contributed by atoms with E-state index in [0.29, 0.717) is 33.3 Å². The Morgan fingerprint density at radius 1 is 0.662 bits per heavy atom. The van der Waals surface area contributed by atoms with Crippen LogP contribution >= 0.6 is 0 Å². The predicted octanol–water partition coefficient (Wildman–Crippen LogP) is 19.6. The summed E-state index contributed by atoms with van der Waals surface area (Å²) in [5.41, 5.74) is 1.76. The van der Waals surface area contributed by atoms with E-state index in [1.54, 1.807) is 56.5 Å². The number of rotatable bonds is 14. The van der Waals surface area contributed by atoms with E-state index in [2.05, 4.69) is 65.8 Å². The molecule has 390 valence electrons. The van der Waals surface area contributed by atoms with E-state index in [1.165, 1.54) is 18.3 Å². The second-order valence-electron chi connectivity index (χ2n) is 21.7. The fraction of sp³-hybridized carbons (Fsp3) is 0.391. The number of hydrogen-bond acceptors (Lipinski definition) is 3. The van der Waals surface area contributed by atoms with Crippen molar-refractivity contribution in [2.45, 2.75) is 177 Å². The summed E-state index contributed by atoms with van der Waals surface area (Å²) < 4.78 is 160. The number of aromatic hydroxyl groups is 1. The van der Waals surface area contributed by atoms with Gasteiger partial charge in [0.15, 0.2) is 0 Å². The second-order valence-corrected chi connectivity index (χ2v) is 21.7. The molecule has 2 aromatic heterocycles. The van der Waals surface area contributed by atoms with E-state index in [-0.39, 0.29) is 82.7 Å². The van der Waals surface area contributed by atoms with Crippen molar-refractivity contribution in [3.8, 4) is 67.5 Å². The molecule has 74 heavy (non-hydrogen) atoms. The molecule has 1 N–H and O–H groups in total. The summed E-state index contributed by atoms with van der Waals surface area (Å²) in [5, 5.41) is 12.6. The van der Waals surface area contributed by atoms with Gasteiger partial charge in [0.05, 0.1) is 27.8 Å². The van der Waals surface area contributed by atoms with Crippen molar-refractivity contribution in [1.29, 1.82) is 0 Å². The summed E-state index contributed by atoms with van der Waals surface area (Å²) in [4.78, 5) is 10.1. The third kappa shape index (κ3) is 10.6. The van der Waals surface area contributed by atoms with Crippen LogP contribution in [-0.4, -0.2) is 19.6 Å². The first-order valence-electron chi connectivity index (χ1n) is 34.6. The van der Waals surface area contributed by atoms with Gasteiger partial charge in [0.1, 0.15) is 11.6 Å². The Hall–Kier alpha value is -5.57. The average molecular weight is 1180 g/mol. The van der Waals surface area contributed by atoms with Crippen molar-refractivity contribution < 1.29 is 50.8 Å². The van der Waals surface area contributed by atoms with Crippen molar-refractivity contribution >= 4 is 11.0 Å². The van der Waals surface area contributed by atoms with Crippen LogP contribution in [0.1, 0.15) is 212 Å². The van der Waals surface area contributed by atoms with Gasteiger partial charge in [-0.1, -0.05) is 194 Å². The van der Waals surface area contributed by atoms with Gasteiger partial charge in [-0.3, -0.25) is 9.55 Å². The van der Waals surface area contributed by atoms with Crippen LogP contribution < -0.4 is 0 Å². The number of aromatic nitrogens is 3. The maximum Gasteiger partial charge on any atom is 0.148 e. The molecule has 0 aliphatic rings. The Bertz CT molecular complexity index is 4010. The average Bonchev–Trinajstić information content (AvgIpc) is 0.713. The maximum absolute atomic E-state index is 12.6. The number of phenolic OH excluding ortho intramolecular Hbond substituents is 1. The Morgan fingerprint density at radius 2 is 1.30 bits per heavy atom. The van der Waals surface area contributed by atoms with Crippen molar-refractivity contribution in [2.24, 2.45) is 0 Å². The fourth-order valence-corrected chi connectivity index (χ4v) is 9.90. The first-order valence-corrected chi connectivity index (χ1v) is 25.6. The zero-order valence-electron chi connectivity index (χ0n) is 63.2. The van der Waals surface area contributed by atoms with Crippen molar-refractivity contribution in [3.63, 3.8) is 0 Å². The van der Waals surface area contributed by atoms with Gasteiger partial charge in [0.2, 0.25) is 0 Å². The zero-order chi connectivity index (χ0) is 68.3. The van der Waals surface area contributed by atoms with Crippen molar-refractivity contribution in [1.82, 2.24) is 14.5 Å². The number of benzene rings is 6. The van der Waals surface area contributed by atoms with Crippen LogP contribution in [0.4, 0.5) is 0 Å². The van der Waals surface area contributed by atoms with Gasteiger partial charge in [0.25, 0.3) is 0 Å². The van der Waals surface area contributed by atoms with Gasteiger partial charge < -0.3 is 5.11 Å². The van der Waals surface area contributed by atoms with E-state index in [1.807, 2.05) is 57.2 Å². The molecule has 0 bridgehead atoms. The first-order chi connectivity index (χ1) is 41.7. The standard InChI is InChI=1S/C69H82N3O.Pt/c1-18-68(16,19-2)57-25-23-26-58(69(17,20-3)21-4)62(57)48-30-33-60(45(9)36-48)72-61-27-22-24-54(63(61)71-65(72)56-41-49(43(5)6)40-55(44(7)8)64(56)73)50-37-51(39-53(38-50)67(13,14)15)59-42-47(34-35-70-59)46-28-31-52(32-29-46)66(10,11)12;/h22-36,38-44,73H,18-21H2,1-17H3;/q-1;/i9D3,10D3,11D3,12D3,28D,29D,31D,32D,43D,44D;. The molecule has 0 radical (unpaired) electrons. The number of nitrogens with zero attached hydrogens (tertiary/aromatic N) is 3. The van der Waals surface area contributed by atoms with Crippen LogP contribution in [0, 0.1) is 12.9 Å². The summed E-state index contributed by atoms with van der Waals surface area (Å²) in [7, 11) is 0. The number of fused-ring (bicyclic) bond motifs is 1. The summed E-state index contributed by atoms with van der Waals surface area (Å²) >= 11 is 0. The molecule has 0 spiro atoms. The molecule has 2 heterocycles. The van der Waals surface area contributed by atoms with E-state index in [4.69, 9.17) is 25.0 Å². The van der Waals surface area contributed by atoms with Crippen LogP contribution in [0.5, 0.6) is 5.75 Å². The normalized spacial score (nSPS) is 17.0. The molecule has 0 amide bonds. The van der Waals surface area contributed by atoms with Crippen LogP contribution in [0.2, 0.25) is 0 Å². The van der Waals surface area contributed by atoms with Gasteiger partial charge in [0, 0.05) is 52.1 Å². The molecule has 0 fully saturated rings. The molecule has 0 saturated heterocycles. The van der Waals surface area contributed by atoms with Crippen molar-refractivity contribution in [3.05, 3.63) is 166 Å². The molecule has 4 nitrogen and oxygen atoms in total. The first kappa shape index (κ1) is 36.4. The Kier molecular flexibility index (Phi) is 10.6. The topological polar surface area (TPSA) is 50.9 Å². The van der Waals surface area contributed by atoms with Crippen LogP contribution in [0.15, 0.2) is 121 Å². The number of para-hydroxylation sites is 1. The van der Waals surface area contributed by atoms with Gasteiger partial charge in [-0.2, -0.15) is 0 Å². The molecule has 0 saturated carbocycles. The largest absolute Gasteiger partial charge is 0.507 e. The molecule has 0 atom stereocenters. The van der Waals surface area contributed by atoms with Crippen molar-refractivity contribution in [2.75, 3.05) is 0 Å². The molecule has 8 aromatic rings. The van der Waals surface area contributed by atoms with Gasteiger partial charge in [-0.25, -0.2) is 4.98 Å². The van der Waals surface area contributed by atoms with Gasteiger partial charge in [-0.15, -0.1) is 29.3 Å². The summed E-state index contributed by atoms with van der Waals surface area (Å²) in [5.74, 6) is -2.77. The van der Waals surface area contributed by atoms with E-state index in [9.17, 15) is 14.7 Å². The van der Waals surface area contributed by atoms with E-state index < -0.39 is 79.8 Å². The SMILES string of the molecule is [2H]c1c([2H])c(C(C([2H])([2H])[2H])(C([2H])([2H])[2H])C([2H])([2H])[2H])c([2H])c([2H])c1-c1ccnc(-c2[c-]c(-c3cccc4c3nc(-c3cc(C([2H])(C)C)cc(C([2H])(C)C)c3O)n4-c3ccc(-c4c(C(C)(CC)CC)cccc4C(C)(CC)CC)cc3C([2H])([2H])[2H])cc(C(C)(C)C)c2)c1.[Pt]. The van der Waals surface area contributed by atoms with E-state index >= 15 is 0 Å². The molecule has 0 aliphatic carbocycles. The minimum Gasteiger partial charge on any atom is -0.507 e. The zero-order valence-corrected chi connectivity index (χ0v) is 47.4. The molecule has 0 unspecified atom stereocenters. The van der Waals surface area contributed by atoms with E-state index in [0.717, 1.165) is 53.5 Å². The molecule has 5 heteroatoms. The van der Waals surface area contributed by atoms with Gasteiger partial charge in [-0.05, 0) is 152 Å².